The van der Waals surface area contributed by atoms with E-state index in [-0.39, 0.29) is 12.6 Å². The van der Waals surface area contributed by atoms with Gasteiger partial charge in [0.15, 0.2) is 0 Å². The number of hydrogen-bond donors (Lipinski definition) is 1. The number of carbonyl (C=O) groups excluding carboxylic acids is 2. The van der Waals surface area contributed by atoms with E-state index in [9.17, 15) is 18.4 Å². The molecule has 7 nitrogen and oxygen atoms in total. The van der Waals surface area contributed by atoms with Crippen molar-refractivity contribution in [1.29, 1.82) is 0 Å². The zero-order valence-electron chi connectivity index (χ0n) is 11.7. The number of hydrogen-bond acceptors (Lipinski definition) is 5. The lowest BCUT2D eigenvalue weighted by Crippen LogP contribution is -2.34. The largest absolute Gasteiger partial charge is 0.760 e. The molecule has 2 unspecified atom stereocenters. The second-order valence-electron chi connectivity index (χ2n) is 5.33. The minimum atomic E-state index is -2.21. The fourth-order valence-corrected chi connectivity index (χ4v) is 3.45. The van der Waals surface area contributed by atoms with Crippen molar-refractivity contribution in [1.82, 2.24) is 4.31 Å². The highest BCUT2D eigenvalue weighted by Crippen LogP contribution is 2.24. The van der Waals surface area contributed by atoms with Crippen molar-refractivity contribution in [3.8, 4) is 0 Å². The monoisotopic (exact) mass is 323 g/mol. The van der Waals surface area contributed by atoms with Crippen LogP contribution in [0.1, 0.15) is 28.8 Å². The number of carbonyl (C=O) groups is 2. The average Bonchev–Trinajstić information content (AvgIpc) is 3.06. The molecular formula is C14H15N2O5S-. The normalized spacial score (nSPS) is 22.7. The van der Waals surface area contributed by atoms with Gasteiger partial charge in [0.25, 0.3) is 11.7 Å². The van der Waals surface area contributed by atoms with E-state index in [4.69, 9.17) is 4.74 Å². The molecular weight excluding hydrogens is 308 g/mol. The SMILES string of the molecule is O=C1Nc2ccc(COCC3CCCN3S(=O)[O-])cc2C1=O. The highest BCUT2D eigenvalue weighted by Gasteiger charge is 2.28. The summed E-state index contributed by atoms with van der Waals surface area (Å²) in [6.45, 7) is 1.12. The van der Waals surface area contributed by atoms with E-state index in [1.165, 1.54) is 4.31 Å². The topological polar surface area (TPSA) is 98.8 Å². The number of Topliss-reactive ketones (excluding diaryl/α,β-unsaturated/α-hetero) is 1. The molecule has 2 aliphatic heterocycles. The number of nitrogens with one attached hydrogen (secondary N) is 1. The quantitative estimate of drug-likeness (QED) is 0.632. The maximum atomic E-state index is 11.6. The average molecular weight is 323 g/mol. The Bertz CT molecular complexity index is 648. The first-order chi connectivity index (χ1) is 10.6. The number of amides is 1. The zero-order valence-corrected chi connectivity index (χ0v) is 12.6. The van der Waals surface area contributed by atoms with Crippen LogP contribution < -0.4 is 5.32 Å². The molecule has 1 aromatic rings. The van der Waals surface area contributed by atoms with E-state index in [1.807, 2.05) is 0 Å². The Balaban J connectivity index is 1.58. The van der Waals surface area contributed by atoms with Gasteiger partial charge in [0, 0.05) is 23.9 Å². The molecule has 0 bridgehead atoms. The summed E-state index contributed by atoms with van der Waals surface area (Å²) in [5.74, 6) is -1.16. The van der Waals surface area contributed by atoms with Crippen LogP contribution >= 0.6 is 0 Å². The molecule has 0 aromatic heterocycles. The molecule has 1 aromatic carbocycles. The molecule has 1 fully saturated rings. The maximum absolute atomic E-state index is 11.6. The minimum absolute atomic E-state index is 0.127. The van der Waals surface area contributed by atoms with Gasteiger partial charge in [-0.15, -0.1) is 0 Å². The fourth-order valence-electron chi connectivity index (χ4n) is 2.76. The number of benzene rings is 1. The lowest BCUT2D eigenvalue weighted by atomic mass is 10.1. The van der Waals surface area contributed by atoms with Crippen molar-refractivity contribution in [2.24, 2.45) is 0 Å². The Morgan fingerprint density at radius 2 is 2.23 bits per heavy atom. The Labute approximate surface area is 130 Å². The number of nitrogens with zero attached hydrogens (tertiary/aromatic N) is 1. The summed E-state index contributed by atoms with van der Waals surface area (Å²) in [6.07, 6.45) is 1.62. The van der Waals surface area contributed by atoms with Crippen LogP contribution in [0.5, 0.6) is 0 Å². The van der Waals surface area contributed by atoms with Crippen LogP contribution in [0.15, 0.2) is 18.2 Å². The lowest BCUT2D eigenvalue weighted by Gasteiger charge is -2.25. The summed E-state index contributed by atoms with van der Waals surface area (Å²) < 4.78 is 29.0. The van der Waals surface area contributed by atoms with Gasteiger partial charge < -0.3 is 14.6 Å². The molecule has 0 spiro atoms. The standard InChI is InChI=1S/C14H16N2O5S/c17-13-11-6-9(3-4-12(11)15-14(13)18)7-21-8-10-2-1-5-16(10)22(19)20/h3-4,6,10H,1-2,5,7-8H2,(H,19,20)(H,15,17,18)/p-1. The molecule has 1 N–H and O–H groups in total. The van der Waals surface area contributed by atoms with E-state index in [2.05, 4.69) is 5.32 Å². The van der Waals surface area contributed by atoms with Gasteiger partial charge in [-0.3, -0.25) is 13.8 Å². The van der Waals surface area contributed by atoms with Gasteiger partial charge >= 0.3 is 0 Å². The number of rotatable bonds is 5. The smallest absolute Gasteiger partial charge is 0.296 e. The molecule has 2 atom stereocenters. The van der Waals surface area contributed by atoms with Crippen molar-refractivity contribution in [2.45, 2.75) is 25.5 Å². The van der Waals surface area contributed by atoms with Crippen molar-refractivity contribution < 1.29 is 23.1 Å². The summed E-state index contributed by atoms with van der Waals surface area (Å²) in [4.78, 5) is 22.9. The number of fused-ring (bicyclic) bond motifs is 1. The van der Waals surface area contributed by atoms with Crippen LogP contribution in [0, 0.1) is 0 Å². The van der Waals surface area contributed by atoms with Gasteiger partial charge in [0.05, 0.1) is 24.5 Å². The van der Waals surface area contributed by atoms with Crippen LogP contribution in [0.3, 0.4) is 0 Å². The van der Waals surface area contributed by atoms with Crippen molar-refractivity contribution in [3.05, 3.63) is 29.3 Å². The van der Waals surface area contributed by atoms with Gasteiger partial charge in [-0.2, -0.15) is 0 Å². The molecule has 3 rings (SSSR count). The predicted molar refractivity (Wildman–Crippen MR) is 77.7 cm³/mol. The number of anilines is 1. The number of ether oxygens (including phenoxy) is 1. The fraction of sp³-hybridized carbons (Fsp3) is 0.429. The Kier molecular flexibility index (Phi) is 4.34. The lowest BCUT2D eigenvalue weighted by molar-refractivity contribution is -0.112. The third-order valence-electron chi connectivity index (χ3n) is 3.88. The first kappa shape index (κ1) is 15.3. The maximum Gasteiger partial charge on any atom is 0.296 e. The second-order valence-corrected chi connectivity index (χ2v) is 6.24. The van der Waals surface area contributed by atoms with Crippen LogP contribution in [0.2, 0.25) is 0 Å². The first-order valence-corrected chi connectivity index (χ1v) is 8.02. The molecule has 1 saturated heterocycles. The zero-order chi connectivity index (χ0) is 15.7. The van der Waals surface area contributed by atoms with Gasteiger partial charge in [-0.25, -0.2) is 4.31 Å². The molecule has 0 radical (unpaired) electrons. The molecule has 2 heterocycles. The molecule has 22 heavy (non-hydrogen) atoms. The molecule has 0 saturated carbocycles. The predicted octanol–water partition coefficient (Wildman–Crippen LogP) is 0.596. The van der Waals surface area contributed by atoms with E-state index in [1.54, 1.807) is 18.2 Å². The minimum Gasteiger partial charge on any atom is -0.760 e. The summed E-state index contributed by atoms with van der Waals surface area (Å²) >= 11 is -2.21. The second kappa shape index (κ2) is 6.25. The van der Waals surface area contributed by atoms with Crippen LogP contribution in [0.4, 0.5) is 5.69 Å². The van der Waals surface area contributed by atoms with E-state index < -0.39 is 23.0 Å². The molecule has 118 valence electrons. The van der Waals surface area contributed by atoms with Gasteiger partial charge in [-0.05, 0) is 30.5 Å². The highest BCUT2D eigenvalue weighted by molar-refractivity contribution is 7.76. The van der Waals surface area contributed by atoms with E-state index in [0.29, 0.717) is 24.4 Å². The number of ketones is 1. The Hall–Kier alpha value is -1.61. The van der Waals surface area contributed by atoms with Crippen molar-refractivity contribution >= 4 is 28.6 Å². The molecule has 2 aliphatic rings. The molecule has 1 amide bonds. The summed E-state index contributed by atoms with van der Waals surface area (Å²) in [5, 5.41) is 2.49. The van der Waals surface area contributed by atoms with Crippen molar-refractivity contribution in [3.63, 3.8) is 0 Å². The van der Waals surface area contributed by atoms with Gasteiger partial charge in [-0.1, -0.05) is 6.07 Å². The third kappa shape index (κ3) is 2.95. The summed E-state index contributed by atoms with van der Waals surface area (Å²) in [6, 6.07) is 4.95. The third-order valence-corrected chi connectivity index (χ3v) is 4.74. The first-order valence-electron chi connectivity index (χ1n) is 6.98. The highest BCUT2D eigenvalue weighted by atomic mass is 32.2. The van der Waals surface area contributed by atoms with E-state index in [0.717, 1.165) is 18.4 Å². The van der Waals surface area contributed by atoms with Crippen molar-refractivity contribution in [2.75, 3.05) is 18.5 Å². The Morgan fingerprint density at radius 1 is 1.41 bits per heavy atom. The summed E-state index contributed by atoms with van der Waals surface area (Å²) in [7, 11) is 0. The van der Waals surface area contributed by atoms with Crippen LogP contribution in [-0.2, 0) is 27.4 Å². The molecule has 0 aliphatic carbocycles. The Morgan fingerprint density at radius 3 is 3.00 bits per heavy atom. The van der Waals surface area contributed by atoms with E-state index >= 15 is 0 Å². The summed E-state index contributed by atoms with van der Waals surface area (Å²) in [5.41, 5.74) is 1.65. The van der Waals surface area contributed by atoms with Gasteiger partial charge in [0.2, 0.25) is 0 Å². The van der Waals surface area contributed by atoms with Gasteiger partial charge in [0.1, 0.15) is 0 Å². The molecule has 8 heteroatoms. The van der Waals surface area contributed by atoms with Crippen LogP contribution in [-0.4, -0.2) is 44.0 Å². The van der Waals surface area contributed by atoms with Crippen LogP contribution in [0.25, 0.3) is 0 Å².